The molecule has 2 aromatic rings. The molecule has 0 aliphatic carbocycles. The summed E-state index contributed by atoms with van der Waals surface area (Å²) in [6.45, 7) is 10.0. The molecule has 1 unspecified atom stereocenters. The number of rotatable bonds is 7. The summed E-state index contributed by atoms with van der Waals surface area (Å²) in [4.78, 5) is 4.57. The first-order chi connectivity index (χ1) is 10.0. The van der Waals surface area contributed by atoms with Crippen LogP contribution in [0.5, 0.6) is 0 Å². The minimum absolute atomic E-state index is 0.333. The Balaban J connectivity index is 2.16. The minimum atomic E-state index is 0.333. The molecule has 0 aliphatic rings. The molecule has 0 aromatic carbocycles. The molecule has 1 N–H and O–H groups in total. The predicted octanol–water partition coefficient (Wildman–Crippen LogP) is 3.39. The van der Waals surface area contributed by atoms with Crippen LogP contribution in [0.15, 0.2) is 5.38 Å². The summed E-state index contributed by atoms with van der Waals surface area (Å²) in [5.74, 6) is 0. The van der Waals surface area contributed by atoms with E-state index in [1.165, 1.54) is 5.01 Å². The molecule has 0 aliphatic heterocycles. The van der Waals surface area contributed by atoms with Crippen molar-refractivity contribution in [3.05, 3.63) is 32.5 Å². The van der Waals surface area contributed by atoms with E-state index in [1.807, 2.05) is 18.5 Å². The highest BCUT2D eigenvalue weighted by atomic mass is 35.5. The summed E-state index contributed by atoms with van der Waals surface area (Å²) in [6.07, 6.45) is 1.80. The lowest BCUT2D eigenvalue weighted by Gasteiger charge is -2.17. The number of hydrogen-bond donors (Lipinski definition) is 1. The third kappa shape index (κ3) is 4.05. The van der Waals surface area contributed by atoms with E-state index in [4.69, 9.17) is 11.6 Å². The Labute approximate surface area is 135 Å². The second kappa shape index (κ2) is 7.38. The van der Waals surface area contributed by atoms with Crippen LogP contribution in [0.2, 0.25) is 5.02 Å². The molecule has 0 radical (unpaired) electrons. The van der Waals surface area contributed by atoms with Crippen molar-refractivity contribution in [2.75, 3.05) is 6.54 Å². The van der Waals surface area contributed by atoms with Crippen molar-refractivity contribution in [2.45, 2.75) is 53.1 Å². The Morgan fingerprint density at radius 3 is 2.67 bits per heavy atom. The highest BCUT2D eigenvalue weighted by Gasteiger charge is 2.18. The fourth-order valence-electron chi connectivity index (χ4n) is 2.51. The van der Waals surface area contributed by atoms with Crippen LogP contribution in [0.4, 0.5) is 0 Å². The van der Waals surface area contributed by atoms with Gasteiger partial charge in [0.15, 0.2) is 0 Å². The molecular formula is C15H23ClN4S. The lowest BCUT2D eigenvalue weighted by atomic mass is 10.1. The normalized spacial score (nSPS) is 12.8. The van der Waals surface area contributed by atoms with Crippen LogP contribution in [-0.2, 0) is 19.4 Å². The summed E-state index contributed by atoms with van der Waals surface area (Å²) in [7, 11) is 0. The zero-order chi connectivity index (χ0) is 15.4. The maximum Gasteiger partial charge on any atom is 0.0943 e. The van der Waals surface area contributed by atoms with Gasteiger partial charge in [-0.2, -0.15) is 5.10 Å². The number of thiazole rings is 1. The third-order valence-corrected chi connectivity index (χ3v) is 4.95. The Kier molecular flexibility index (Phi) is 5.79. The van der Waals surface area contributed by atoms with Gasteiger partial charge in [-0.25, -0.2) is 4.98 Å². The molecule has 2 rings (SSSR count). The van der Waals surface area contributed by atoms with Crippen molar-refractivity contribution in [3.8, 4) is 0 Å². The van der Waals surface area contributed by atoms with Gasteiger partial charge >= 0.3 is 0 Å². The first-order valence-electron chi connectivity index (χ1n) is 7.41. The van der Waals surface area contributed by atoms with E-state index in [0.717, 1.165) is 48.0 Å². The van der Waals surface area contributed by atoms with Crippen molar-refractivity contribution in [3.63, 3.8) is 0 Å². The second-order valence-corrected chi connectivity index (χ2v) is 6.53. The van der Waals surface area contributed by atoms with Crippen molar-refractivity contribution < 1.29 is 0 Å². The summed E-state index contributed by atoms with van der Waals surface area (Å²) in [5.41, 5.74) is 3.13. The van der Waals surface area contributed by atoms with E-state index in [-0.39, 0.29) is 0 Å². The Morgan fingerprint density at radius 1 is 1.33 bits per heavy atom. The van der Waals surface area contributed by atoms with Gasteiger partial charge in [0.05, 0.1) is 21.4 Å². The number of hydrogen-bond acceptors (Lipinski definition) is 4. The van der Waals surface area contributed by atoms with Gasteiger partial charge in [0.25, 0.3) is 0 Å². The second-order valence-electron chi connectivity index (χ2n) is 5.21. The lowest BCUT2D eigenvalue weighted by molar-refractivity contribution is 0.495. The average Bonchev–Trinajstić information content (AvgIpc) is 2.97. The standard InChI is InChI=1S/C15H23ClN4S/c1-5-17-12(8-14-18-10(3)9-21-14)7-13-15(16)11(4)19-20(13)6-2/h9,12,17H,5-8H2,1-4H3. The van der Waals surface area contributed by atoms with Gasteiger partial charge in [-0.05, 0) is 27.3 Å². The monoisotopic (exact) mass is 326 g/mol. The van der Waals surface area contributed by atoms with Crippen molar-refractivity contribution in [2.24, 2.45) is 0 Å². The van der Waals surface area contributed by atoms with Crippen molar-refractivity contribution in [1.29, 1.82) is 0 Å². The maximum atomic E-state index is 6.42. The SMILES string of the molecule is CCNC(Cc1nc(C)cs1)Cc1c(Cl)c(C)nn1CC. The number of nitrogens with zero attached hydrogens (tertiary/aromatic N) is 3. The topological polar surface area (TPSA) is 42.7 Å². The third-order valence-electron chi connectivity index (χ3n) is 3.47. The predicted molar refractivity (Wildman–Crippen MR) is 89.4 cm³/mol. The molecule has 4 nitrogen and oxygen atoms in total. The molecule has 2 aromatic heterocycles. The molecular weight excluding hydrogens is 304 g/mol. The number of halogens is 1. The van der Waals surface area contributed by atoms with E-state index < -0.39 is 0 Å². The fourth-order valence-corrected chi connectivity index (χ4v) is 3.58. The number of nitrogens with one attached hydrogen (secondary N) is 1. The van der Waals surface area contributed by atoms with Crippen LogP contribution >= 0.6 is 22.9 Å². The van der Waals surface area contributed by atoms with E-state index in [1.54, 1.807) is 11.3 Å². The molecule has 6 heteroatoms. The van der Waals surface area contributed by atoms with Crippen LogP contribution in [0.3, 0.4) is 0 Å². The van der Waals surface area contributed by atoms with Crippen LogP contribution in [-0.4, -0.2) is 27.4 Å². The van der Waals surface area contributed by atoms with Crippen LogP contribution < -0.4 is 5.32 Å². The highest BCUT2D eigenvalue weighted by molar-refractivity contribution is 7.09. The zero-order valence-corrected chi connectivity index (χ0v) is 14.7. The first kappa shape index (κ1) is 16.5. The van der Waals surface area contributed by atoms with Gasteiger partial charge in [-0.15, -0.1) is 11.3 Å². The van der Waals surface area contributed by atoms with E-state index in [0.29, 0.717) is 6.04 Å². The average molecular weight is 327 g/mol. The highest BCUT2D eigenvalue weighted by Crippen LogP contribution is 2.23. The van der Waals surface area contributed by atoms with Gasteiger partial charge in [0.2, 0.25) is 0 Å². The summed E-state index contributed by atoms with van der Waals surface area (Å²) in [6, 6.07) is 0.333. The molecule has 0 bridgehead atoms. The molecule has 0 amide bonds. The first-order valence-corrected chi connectivity index (χ1v) is 8.67. The molecule has 1 atom stereocenters. The van der Waals surface area contributed by atoms with Crippen LogP contribution in [0.1, 0.15) is 35.9 Å². The lowest BCUT2D eigenvalue weighted by Crippen LogP contribution is -2.33. The van der Waals surface area contributed by atoms with E-state index in [2.05, 4.69) is 34.6 Å². The van der Waals surface area contributed by atoms with Gasteiger partial charge in [-0.1, -0.05) is 18.5 Å². The largest absolute Gasteiger partial charge is 0.313 e. The van der Waals surface area contributed by atoms with E-state index in [9.17, 15) is 0 Å². The van der Waals surface area contributed by atoms with Gasteiger partial charge in [0.1, 0.15) is 0 Å². The minimum Gasteiger partial charge on any atom is -0.313 e. The van der Waals surface area contributed by atoms with Crippen LogP contribution in [0, 0.1) is 13.8 Å². The molecule has 21 heavy (non-hydrogen) atoms. The number of aryl methyl sites for hydroxylation is 3. The van der Waals surface area contributed by atoms with Crippen LogP contribution in [0.25, 0.3) is 0 Å². The van der Waals surface area contributed by atoms with Gasteiger partial charge in [0, 0.05) is 36.5 Å². The molecule has 2 heterocycles. The quantitative estimate of drug-likeness (QED) is 0.848. The molecule has 0 saturated heterocycles. The Bertz CT molecular complexity index is 591. The molecule has 116 valence electrons. The van der Waals surface area contributed by atoms with Gasteiger partial charge in [-0.3, -0.25) is 4.68 Å². The Hall–Kier alpha value is -0.910. The molecule has 0 spiro atoms. The Morgan fingerprint density at radius 2 is 2.10 bits per heavy atom. The summed E-state index contributed by atoms with van der Waals surface area (Å²) in [5, 5.41) is 12.1. The fraction of sp³-hybridized carbons (Fsp3) is 0.600. The maximum absolute atomic E-state index is 6.42. The number of likely N-dealkylation sites (N-methyl/N-ethyl adjacent to an activating group) is 1. The molecule has 0 fully saturated rings. The van der Waals surface area contributed by atoms with Crippen molar-refractivity contribution in [1.82, 2.24) is 20.1 Å². The number of aromatic nitrogens is 3. The van der Waals surface area contributed by atoms with Gasteiger partial charge < -0.3 is 5.32 Å². The van der Waals surface area contributed by atoms with Crippen molar-refractivity contribution >= 4 is 22.9 Å². The summed E-state index contributed by atoms with van der Waals surface area (Å²) < 4.78 is 2.01. The molecule has 0 saturated carbocycles. The summed E-state index contributed by atoms with van der Waals surface area (Å²) >= 11 is 8.15. The smallest absolute Gasteiger partial charge is 0.0943 e. The zero-order valence-electron chi connectivity index (χ0n) is 13.1. The van der Waals surface area contributed by atoms with E-state index >= 15 is 0 Å².